The molecular weight excluding hydrogens is 412 g/mol. The molecule has 0 bridgehead atoms. The molecular formula is C24H26N2O4S. The van der Waals surface area contributed by atoms with Crippen molar-refractivity contribution in [2.45, 2.75) is 32.1 Å². The quantitative estimate of drug-likeness (QED) is 0.510. The third kappa shape index (κ3) is 5.44. The van der Waals surface area contributed by atoms with Gasteiger partial charge in [0.1, 0.15) is 5.75 Å². The number of hydrogen-bond acceptors (Lipinski definition) is 4. The fraction of sp³-hybridized carbons (Fsp3) is 0.208. The van der Waals surface area contributed by atoms with E-state index in [4.69, 9.17) is 4.74 Å². The number of nitrogens with one attached hydrogen (secondary N) is 2. The van der Waals surface area contributed by atoms with Crippen molar-refractivity contribution in [2.24, 2.45) is 0 Å². The zero-order valence-corrected chi connectivity index (χ0v) is 18.6. The Kier molecular flexibility index (Phi) is 6.97. The number of rotatable bonds is 8. The first-order chi connectivity index (χ1) is 14.8. The second kappa shape index (κ2) is 9.66. The van der Waals surface area contributed by atoms with Crippen molar-refractivity contribution >= 4 is 27.3 Å². The van der Waals surface area contributed by atoms with Crippen LogP contribution in [0.1, 0.15) is 34.8 Å². The molecule has 0 aliphatic heterocycles. The molecule has 2 N–H and O–H groups in total. The molecule has 0 heterocycles. The maximum atomic E-state index is 12.8. The Balaban J connectivity index is 1.75. The summed E-state index contributed by atoms with van der Waals surface area (Å²) in [6, 6.07) is 18.7. The van der Waals surface area contributed by atoms with Crippen LogP contribution in [0.3, 0.4) is 0 Å². The lowest BCUT2D eigenvalue weighted by atomic mass is 10.1. The summed E-state index contributed by atoms with van der Waals surface area (Å²) in [7, 11) is -3.76. The number of aryl methyl sites for hydroxylation is 2. The van der Waals surface area contributed by atoms with Gasteiger partial charge in [-0.25, -0.2) is 8.42 Å². The first kappa shape index (κ1) is 22.4. The van der Waals surface area contributed by atoms with Crippen molar-refractivity contribution < 1.29 is 17.9 Å². The minimum atomic E-state index is -3.76. The maximum absolute atomic E-state index is 12.8. The largest absolute Gasteiger partial charge is 0.493 e. The molecule has 0 saturated heterocycles. The van der Waals surface area contributed by atoms with Gasteiger partial charge < -0.3 is 10.1 Å². The highest BCUT2D eigenvalue weighted by Crippen LogP contribution is 2.25. The Morgan fingerprint density at radius 1 is 0.903 bits per heavy atom. The van der Waals surface area contributed by atoms with E-state index in [0.717, 1.165) is 17.5 Å². The maximum Gasteiger partial charge on any atom is 0.261 e. The van der Waals surface area contributed by atoms with Crippen LogP contribution in [0.15, 0.2) is 71.6 Å². The van der Waals surface area contributed by atoms with Crippen molar-refractivity contribution in [1.82, 2.24) is 0 Å². The van der Waals surface area contributed by atoms with Crippen LogP contribution in [0.2, 0.25) is 0 Å². The zero-order valence-electron chi connectivity index (χ0n) is 17.8. The van der Waals surface area contributed by atoms with E-state index in [1.165, 1.54) is 12.1 Å². The Morgan fingerprint density at radius 3 is 2.19 bits per heavy atom. The molecule has 0 fully saturated rings. The SMILES string of the molecule is CCCOc1ccccc1C(=O)Nc1ccc(S(=O)(=O)Nc2c(C)cccc2C)cc1. The predicted octanol–water partition coefficient (Wildman–Crippen LogP) is 5.15. The van der Waals surface area contributed by atoms with Crippen LogP contribution in [-0.2, 0) is 10.0 Å². The summed E-state index contributed by atoms with van der Waals surface area (Å²) in [5.41, 5.74) is 3.17. The highest BCUT2D eigenvalue weighted by Gasteiger charge is 2.17. The molecule has 0 aliphatic carbocycles. The van der Waals surface area contributed by atoms with E-state index in [9.17, 15) is 13.2 Å². The first-order valence-corrected chi connectivity index (χ1v) is 11.5. The molecule has 0 aromatic heterocycles. The Labute approximate surface area is 183 Å². The number of benzene rings is 3. The van der Waals surface area contributed by atoms with Crippen molar-refractivity contribution in [3.05, 3.63) is 83.4 Å². The van der Waals surface area contributed by atoms with E-state index in [1.807, 2.05) is 45.0 Å². The molecule has 0 unspecified atom stereocenters. The minimum absolute atomic E-state index is 0.111. The molecule has 1 amide bonds. The molecule has 6 nitrogen and oxygen atoms in total. The van der Waals surface area contributed by atoms with Gasteiger partial charge in [-0.15, -0.1) is 0 Å². The molecule has 31 heavy (non-hydrogen) atoms. The van der Waals surface area contributed by atoms with Crippen LogP contribution in [-0.4, -0.2) is 20.9 Å². The topological polar surface area (TPSA) is 84.5 Å². The smallest absolute Gasteiger partial charge is 0.261 e. The lowest BCUT2D eigenvalue weighted by Gasteiger charge is -2.14. The molecule has 3 rings (SSSR count). The van der Waals surface area contributed by atoms with E-state index >= 15 is 0 Å². The number of carbonyl (C=O) groups excluding carboxylic acids is 1. The third-order valence-electron chi connectivity index (χ3n) is 4.73. The summed E-state index contributed by atoms with van der Waals surface area (Å²) in [6.07, 6.45) is 0.835. The summed E-state index contributed by atoms with van der Waals surface area (Å²) in [5, 5.41) is 2.79. The van der Waals surface area contributed by atoms with Crippen molar-refractivity contribution in [3.8, 4) is 5.75 Å². The van der Waals surface area contributed by atoms with Crippen molar-refractivity contribution in [2.75, 3.05) is 16.6 Å². The standard InChI is InChI=1S/C24H26N2O4S/c1-4-16-30-22-11-6-5-10-21(22)24(27)25-19-12-14-20(15-13-19)31(28,29)26-23-17(2)8-7-9-18(23)3/h5-15,26H,4,16H2,1-3H3,(H,25,27). The number of anilines is 2. The number of amides is 1. The highest BCUT2D eigenvalue weighted by atomic mass is 32.2. The van der Waals surface area contributed by atoms with Gasteiger partial charge in [-0.1, -0.05) is 37.3 Å². The average molecular weight is 439 g/mol. The molecule has 7 heteroatoms. The van der Waals surface area contributed by atoms with E-state index in [1.54, 1.807) is 30.3 Å². The van der Waals surface area contributed by atoms with Gasteiger partial charge >= 0.3 is 0 Å². The summed E-state index contributed by atoms with van der Waals surface area (Å²) < 4.78 is 33.9. The van der Waals surface area contributed by atoms with Gasteiger partial charge in [0, 0.05) is 5.69 Å². The second-order valence-corrected chi connectivity index (χ2v) is 8.88. The Hall–Kier alpha value is -3.32. The van der Waals surface area contributed by atoms with E-state index in [0.29, 0.717) is 29.3 Å². The van der Waals surface area contributed by atoms with Crippen LogP contribution in [0.5, 0.6) is 5.75 Å². The summed E-state index contributed by atoms with van der Waals surface area (Å²) >= 11 is 0. The molecule has 0 radical (unpaired) electrons. The van der Waals surface area contributed by atoms with Crippen LogP contribution < -0.4 is 14.8 Å². The first-order valence-electron chi connectivity index (χ1n) is 10.0. The molecule has 3 aromatic rings. The zero-order chi connectivity index (χ0) is 22.4. The fourth-order valence-corrected chi connectivity index (χ4v) is 4.28. The van der Waals surface area contributed by atoms with Crippen LogP contribution in [0.25, 0.3) is 0 Å². The minimum Gasteiger partial charge on any atom is -0.493 e. The van der Waals surface area contributed by atoms with E-state index in [2.05, 4.69) is 10.0 Å². The summed E-state index contributed by atoms with van der Waals surface area (Å²) in [6.45, 7) is 6.22. The molecule has 0 spiro atoms. The molecule has 0 aliphatic rings. The van der Waals surface area contributed by atoms with Crippen LogP contribution >= 0.6 is 0 Å². The van der Waals surface area contributed by atoms with Crippen molar-refractivity contribution in [3.63, 3.8) is 0 Å². The number of carbonyl (C=O) groups is 1. The molecule has 0 atom stereocenters. The predicted molar refractivity (Wildman–Crippen MR) is 123 cm³/mol. The summed E-state index contributed by atoms with van der Waals surface area (Å²) in [5.74, 6) is 0.190. The highest BCUT2D eigenvalue weighted by molar-refractivity contribution is 7.92. The normalized spacial score (nSPS) is 11.1. The van der Waals surface area contributed by atoms with Gasteiger partial charge in [-0.3, -0.25) is 9.52 Å². The lowest BCUT2D eigenvalue weighted by molar-refractivity contribution is 0.102. The summed E-state index contributed by atoms with van der Waals surface area (Å²) in [4.78, 5) is 12.8. The average Bonchev–Trinajstić information content (AvgIpc) is 2.75. The van der Waals surface area contributed by atoms with E-state index in [-0.39, 0.29) is 10.8 Å². The van der Waals surface area contributed by atoms with E-state index < -0.39 is 10.0 Å². The van der Waals surface area contributed by atoms with Gasteiger partial charge in [0.25, 0.3) is 15.9 Å². The number of para-hydroxylation sites is 2. The Bertz CT molecular complexity index is 1150. The van der Waals surface area contributed by atoms with Gasteiger partial charge in [-0.05, 0) is 67.8 Å². The van der Waals surface area contributed by atoms with Gasteiger partial charge in [0.2, 0.25) is 0 Å². The Morgan fingerprint density at radius 2 is 1.55 bits per heavy atom. The monoisotopic (exact) mass is 438 g/mol. The molecule has 0 saturated carbocycles. The van der Waals surface area contributed by atoms with Crippen LogP contribution in [0, 0.1) is 13.8 Å². The van der Waals surface area contributed by atoms with Crippen molar-refractivity contribution in [1.29, 1.82) is 0 Å². The van der Waals surface area contributed by atoms with Gasteiger partial charge in [0.05, 0.1) is 22.8 Å². The lowest BCUT2D eigenvalue weighted by Crippen LogP contribution is -2.16. The van der Waals surface area contributed by atoms with Gasteiger partial charge in [-0.2, -0.15) is 0 Å². The molecule has 3 aromatic carbocycles. The molecule has 162 valence electrons. The third-order valence-corrected chi connectivity index (χ3v) is 6.10. The second-order valence-electron chi connectivity index (χ2n) is 7.20. The van der Waals surface area contributed by atoms with Crippen LogP contribution in [0.4, 0.5) is 11.4 Å². The number of ether oxygens (including phenoxy) is 1. The van der Waals surface area contributed by atoms with Gasteiger partial charge in [0.15, 0.2) is 0 Å². The number of sulfonamides is 1. The fourth-order valence-electron chi connectivity index (χ4n) is 3.08. The number of hydrogen-bond donors (Lipinski definition) is 2.